The highest BCUT2D eigenvalue weighted by atomic mass is 16.7. The maximum atomic E-state index is 11.9. The number of rotatable bonds is 4. The van der Waals surface area contributed by atoms with Gasteiger partial charge in [0.05, 0.1) is 6.04 Å². The van der Waals surface area contributed by atoms with Crippen LogP contribution in [0.25, 0.3) is 0 Å². The lowest BCUT2D eigenvalue weighted by Crippen LogP contribution is -2.49. The van der Waals surface area contributed by atoms with Crippen LogP contribution in [0.4, 0.5) is 0 Å². The summed E-state index contributed by atoms with van der Waals surface area (Å²) in [7, 11) is 0. The number of carbonyl (C=O) groups excluding carboxylic acids is 1. The van der Waals surface area contributed by atoms with Gasteiger partial charge in [-0.15, -0.1) is 0 Å². The number of hydrogen-bond acceptors (Lipinski definition) is 4. The van der Waals surface area contributed by atoms with Gasteiger partial charge in [-0.2, -0.15) is 0 Å². The van der Waals surface area contributed by atoms with Crippen LogP contribution in [0.1, 0.15) is 33.3 Å². The van der Waals surface area contributed by atoms with Crippen molar-refractivity contribution in [3.63, 3.8) is 0 Å². The maximum Gasteiger partial charge on any atom is 0.237 e. The highest BCUT2D eigenvalue weighted by molar-refractivity contribution is 5.81. The SMILES string of the molecule is CC(NCc1ccc2c(c1)OCO2)C(=O)NC(C)(C)C. The molecule has 0 spiro atoms. The molecule has 1 heterocycles. The summed E-state index contributed by atoms with van der Waals surface area (Å²) in [6.45, 7) is 8.64. The lowest BCUT2D eigenvalue weighted by atomic mass is 10.1. The number of hydrogen-bond donors (Lipinski definition) is 2. The molecule has 1 atom stereocenters. The van der Waals surface area contributed by atoms with Crippen LogP contribution < -0.4 is 20.1 Å². The van der Waals surface area contributed by atoms with Gasteiger partial charge in [0.1, 0.15) is 0 Å². The van der Waals surface area contributed by atoms with Gasteiger partial charge >= 0.3 is 0 Å². The summed E-state index contributed by atoms with van der Waals surface area (Å²) in [6, 6.07) is 5.54. The summed E-state index contributed by atoms with van der Waals surface area (Å²) in [6.07, 6.45) is 0. The lowest BCUT2D eigenvalue weighted by Gasteiger charge is -2.23. The number of ether oxygens (including phenoxy) is 2. The smallest absolute Gasteiger partial charge is 0.237 e. The van der Waals surface area contributed by atoms with Gasteiger partial charge < -0.3 is 20.1 Å². The summed E-state index contributed by atoms with van der Waals surface area (Å²) in [4.78, 5) is 11.9. The predicted molar refractivity (Wildman–Crippen MR) is 76.8 cm³/mol. The van der Waals surface area contributed by atoms with E-state index in [0.29, 0.717) is 6.54 Å². The van der Waals surface area contributed by atoms with E-state index in [9.17, 15) is 4.79 Å². The molecule has 1 aromatic rings. The zero-order chi connectivity index (χ0) is 14.8. The van der Waals surface area contributed by atoms with E-state index in [4.69, 9.17) is 9.47 Å². The highest BCUT2D eigenvalue weighted by Gasteiger charge is 2.19. The first-order valence-electron chi connectivity index (χ1n) is 6.79. The van der Waals surface area contributed by atoms with Gasteiger partial charge in [-0.3, -0.25) is 4.79 Å². The van der Waals surface area contributed by atoms with E-state index in [-0.39, 0.29) is 24.3 Å². The Kier molecular flexibility index (Phi) is 4.18. The third-order valence-electron chi connectivity index (χ3n) is 2.94. The molecule has 5 nitrogen and oxygen atoms in total. The van der Waals surface area contributed by atoms with Crippen molar-refractivity contribution in [1.29, 1.82) is 0 Å². The number of amides is 1. The molecule has 0 saturated carbocycles. The first kappa shape index (κ1) is 14.7. The van der Waals surface area contributed by atoms with Crippen LogP contribution in [0.15, 0.2) is 18.2 Å². The molecule has 0 aromatic heterocycles. The second kappa shape index (κ2) is 5.71. The van der Waals surface area contributed by atoms with Crippen molar-refractivity contribution in [1.82, 2.24) is 10.6 Å². The molecular weight excluding hydrogens is 256 g/mol. The molecule has 20 heavy (non-hydrogen) atoms. The normalized spacial score (nSPS) is 15.0. The van der Waals surface area contributed by atoms with Crippen molar-refractivity contribution in [3.8, 4) is 11.5 Å². The fourth-order valence-electron chi connectivity index (χ4n) is 1.89. The summed E-state index contributed by atoms with van der Waals surface area (Å²) in [5.41, 5.74) is 0.843. The Balaban J connectivity index is 1.87. The van der Waals surface area contributed by atoms with Crippen LogP contribution in [0.3, 0.4) is 0 Å². The van der Waals surface area contributed by atoms with Gasteiger partial charge in [0.2, 0.25) is 12.7 Å². The van der Waals surface area contributed by atoms with Crippen molar-refractivity contribution in [2.24, 2.45) is 0 Å². The Morgan fingerprint density at radius 3 is 2.70 bits per heavy atom. The fourth-order valence-corrected chi connectivity index (χ4v) is 1.89. The number of benzene rings is 1. The summed E-state index contributed by atoms with van der Waals surface area (Å²) in [5, 5.41) is 6.15. The molecular formula is C15H22N2O3. The van der Waals surface area contributed by atoms with Gasteiger partial charge in [-0.05, 0) is 45.4 Å². The first-order chi connectivity index (χ1) is 9.35. The summed E-state index contributed by atoms with van der Waals surface area (Å²) >= 11 is 0. The third kappa shape index (κ3) is 3.87. The standard InChI is InChI=1S/C15H22N2O3/c1-10(14(18)17-15(2,3)4)16-8-11-5-6-12-13(7-11)20-9-19-12/h5-7,10,16H,8-9H2,1-4H3,(H,17,18). The van der Waals surface area contributed by atoms with E-state index in [1.54, 1.807) is 0 Å². The maximum absolute atomic E-state index is 11.9. The molecule has 5 heteroatoms. The summed E-state index contributed by atoms with van der Waals surface area (Å²) in [5.74, 6) is 1.53. The average Bonchev–Trinajstić information content (AvgIpc) is 2.81. The number of carbonyl (C=O) groups is 1. The molecule has 0 fully saturated rings. The van der Waals surface area contributed by atoms with Crippen molar-refractivity contribution in [2.45, 2.75) is 45.8 Å². The second-order valence-corrected chi connectivity index (χ2v) is 6.03. The third-order valence-corrected chi connectivity index (χ3v) is 2.94. The Morgan fingerprint density at radius 1 is 1.30 bits per heavy atom. The van der Waals surface area contributed by atoms with Gasteiger partial charge in [-0.25, -0.2) is 0 Å². The van der Waals surface area contributed by atoms with E-state index in [1.165, 1.54) is 0 Å². The molecule has 1 unspecified atom stereocenters. The monoisotopic (exact) mass is 278 g/mol. The van der Waals surface area contributed by atoms with E-state index in [1.807, 2.05) is 45.9 Å². The zero-order valence-corrected chi connectivity index (χ0v) is 12.4. The fraction of sp³-hybridized carbons (Fsp3) is 0.533. The minimum atomic E-state index is -0.250. The van der Waals surface area contributed by atoms with E-state index in [2.05, 4.69) is 10.6 Å². The van der Waals surface area contributed by atoms with Gasteiger partial charge in [0.25, 0.3) is 0 Å². The van der Waals surface area contributed by atoms with E-state index >= 15 is 0 Å². The Morgan fingerprint density at radius 2 is 2.00 bits per heavy atom. The van der Waals surface area contributed by atoms with Crippen LogP contribution in [0, 0.1) is 0 Å². The molecule has 0 saturated heterocycles. The Labute approximate surface area is 119 Å². The Bertz CT molecular complexity index is 494. The molecule has 1 aliphatic heterocycles. The molecule has 1 aromatic carbocycles. The van der Waals surface area contributed by atoms with Crippen LogP contribution in [0.5, 0.6) is 11.5 Å². The van der Waals surface area contributed by atoms with Crippen LogP contribution in [-0.4, -0.2) is 24.3 Å². The average molecular weight is 278 g/mol. The summed E-state index contributed by atoms with van der Waals surface area (Å²) < 4.78 is 10.6. The van der Waals surface area contributed by atoms with E-state index < -0.39 is 0 Å². The predicted octanol–water partition coefficient (Wildman–Crippen LogP) is 1.81. The molecule has 110 valence electrons. The van der Waals surface area contributed by atoms with E-state index in [0.717, 1.165) is 17.1 Å². The largest absolute Gasteiger partial charge is 0.454 e. The molecule has 2 N–H and O–H groups in total. The molecule has 0 radical (unpaired) electrons. The molecule has 2 rings (SSSR count). The first-order valence-corrected chi connectivity index (χ1v) is 6.79. The molecule has 1 aliphatic rings. The highest BCUT2D eigenvalue weighted by Crippen LogP contribution is 2.32. The van der Waals surface area contributed by atoms with Crippen molar-refractivity contribution < 1.29 is 14.3 Å². The molecule has 0 bridgehead atoms. The minimum absolute atomic E-state index is 0.00163. The topological polar surface area (TPSA) is 59.6 Å². The molecule has 0 aliphatic carbocycles. The van der Waals surface area contributed by atoms with Crippen LogP contribution >= 0.6 is 0 Å². The Hall–Kier alpha value is -1.75. The van der Waals surface area contributed by atoms with Gasteiger partial charge in [0, 0.05) is 12.1 Å². The molecule has 1 amide bonds. The van der Waals surface area contributed by atoms with Crippen molar-refractivity contribution in [2.75, 3.05) is 6.79 Å². The second-order valence-electron chi connectivity index (χ2n) is 6.03. The van der Waals surface area contributed by atoms with Gasteiger partial charge in [0.15, 0.2) is 11.5 Å². The zero-order valence-electron chi connectivity index (χ0n) is 12.4. The lowest BCUT2D eigenvalue weighted by molar-refractivity contribution is -0.124. The quantitative estimate of drug-likeness (QED) is 0.882. The van der Waals surface area contributed by atoms with Crippen LogP contribution in [-0.2, 0) is 11.3 Å². The number of fused-ring (bicyclic) bond motifs is 1. The minimum Gasteiger partial charge on any atom is -0.454 e. The van der Waals surface area contributed by atoms with Crippen LogP contribution in [0.2, 0.25) is 0 Å². The van der Waals surface area contributed by atoms with Crippen molar-refractivity contribution >= 4 is 5.91 Å². The van der Waals surface area contributed by atoms with Gasteiger partial charge in [-0.1, -0.05) is 6.07 Å². The van der Waals surface area contributed by atoms with Crippen molar-refractivity contribution in [3.05, 3.63) is 23.8 Å². The number of nitrogens with one attached hydrogen (secondary N) is 2.